The molecule has 1 heterocycles. The number of fused-ring (bicyclic) bond motifs is 1. The smallest absolute Gasteiger partial charge is 0.338 e. The first-order valence-electron chi connectivity index (χ1n) is 11.2. The normalized spacial score (nSPS) is 19.3. The average Bonchev–Trinajstić information content (AvgIpc) is 3.05. The first-order valence-corrected chi connectivity index (χ1v) is 11.5. The average molecular weight is 497 g/mol. The molecule has 0 spiro atoms. The number of Topliss-reactive ketones (excluding diaryl/α,β-unsaturated/α-hetero) is 1. The lowest BCUT2D eigenvalue weighted by Crippen LogP contribution is -2.35. The lowest BCUT2D eigenvalue weighted by atomic mass is 9.90. The minimum Gasteiger partial charge on any atom is -0.456 e. The fraction of sp³-hybridized carbons (Fsp3) is 0.296. The van der Waals surface area contributed by atoms with E-state index in [0.29, 0.717) is 33.0 Å². The number of aromatic nitrogens is 1. The number of pyridine rings is 1. The number of benzene rings is 2. The van der Waals surface area contributed by atoms with E-state index in [1.54, 1.807) is 69.3 Å². The van der Waals surface area contributed by atoms with E-state index in [9.17, 15) is 14.7 Å². The molecule has 0 radical (unpaired) electrons. The highest BCUT2D eigenvalue weighted by atomic mass is 35.5. The molecule has 0 bridgehead atoms. The molecule has 35 heavy (non-hydrogen) atoms. The van der Waals surface area contributed by atoms with Crippen LogP contribution < -0.4 is 5.73 Å². The van der Waals surface area contributed by atoms with Crippen LogP contribution in [0.3, 0.4) is 0 Å². The molecule has 1 aliphatic carbocycles. The zero-order chi connectivity index (χ0) is 25.5. The summed E-state index contributed by atoms with van der Waals surface area (Å²) >= 11 is 6.07. The third kappa shape index (κ3) is 5.06. The number of anilines is 1. The van der Waals surface area contributed by atoms with Crippen molar-refractivity contribution in [3.05, 3.63) is 82.1 Å². The summed E-state index contributed by atoms with van der Waals surface area (Å²) < 4.78 is 20.3. The largest absolute Gasteiger partial charge is 0.456 e. The molecule has 2 unspecified atom stereocenters. The third-order valence-corrected chi connectivity index (χ3v) is 6.10. The number of alkyl halides is 1. The second kappa shape index (κ2) is 9.06. The van der Waals surface area contributed by atoms with Gasteiger partial charge in [0.25, 0.3) is 0 Å². The Morgan fingerprint density at radius 2 is 1.89 bits per heavy atom. The Bertz CT molecular complexity index is 1300. The van der Waals surface area contributed by atoms with Crippen LogP contribution in [0.5, 0.6) is 0 Å². The number of aliphatic hydroxyl groups is 1. The molecule has 3 aromatic rings. The Balaban J connectivity index is 1.56. The fourth-order valence-corrected chi connectivity index (χ4v) is 4.30. The van der Waals surface area contributed by atoms with Crippen molar-refractivity contribution in [2.24, 2.45) is 0 Å². The van der Waals surface area contributed by atoms with E-state index in [2.05, 4.69) is 4.98 Å². The number of hydrogen-bond donors (Lipinski definition) is 2. The summed E-state index contributed by atoms with van der Waals surface area (Å²) in [6.45, 7) is 5.32. The van der Waals surface area contributed by atoms with E-state index in [4.69, 9.17) is 22.1 Å². The van der Waals surface area contributed by atoms with Crippen LogP contribution in [-0.2, 0) is 21.6 Å². The summed E-state index contributed by atoms with van der Waals surface area (Å²) in [5.41, 5.74) is 6.01. The molecule has 0 amide bonds. The van der Waals surface area contributed by atoms with Crippen LogP contribution in [-0.4, -0.2) is 27.4 Å². The van der Waals surface area contributed by atoms with Crippen molar-refractivity contribution in [2.45, 2.75) is 51.0 Å². The second-order valence-corrected chi connectivity index (χ2v) is 10.2. The lowest BCUT2D eigenvalue weighted by molar-refractivity contribution is -0.139. The number of carbonyl (C=O) groups excluding carboxylic acids is 2. The highest BCUT2D eigenvalue weighted by Gasteiger charge is 2.49. The van der Waals surface area contributed by atoms with E-state index < -0.39 is 35.5 Å². The van der Waals surface area contributed by atoms with Gasteiger partial charge in [-0.1, -0.05) is 23.7 Å². The van der Waals surface area contributed by atoms with Crippen LogP contribution in [0.1, 0.15) is 60.5 Å². The van der Waals surface area contributed by atoms with Crippen LogP contribution in [0.2, 0.25) is 5.02 Å². The number of halogens is 2. The molecule has 0 fully saturated rings. The maximum Gasteiger partial charge on any atom is 0.338 e. The molecule has 2 aromatic carbocycles. The zero-order valence-corrected chi connectivity index (χ0v) is 20.4. The van der Waals surface area contributed by atoms with Crippen molar-refractivity contribution >= 4 is 29.0 Å². The second-order valence-electron chi connectivity index (χ2n) is 9.72. The number of carbonyl (C=O) groups is 2. The summed E-state index contributed by atoms with van der Waals surface area (Å²) in [7, 11) is 0. The molecule has 182 valence electrons. The number of rotatable bonds is 5. The van der Waals surface area contributed by atoms with Gasteiger partial charge in [0.15, 0.2) is 11.4 Å². The van der Waals surface area contributed by atoms with Gasteiger partial charge in [0.05, 0.1) is 11.3 Å². The minimum atomic E-state index is -2.06. The number of nitrogen functional groups attached to an aromatic ring is 1. The molecule has 1 aromatic heterocycles. The molecular formula is C27H26ClFN2O4. The number of hydrogen-bond acceptors (Lipinski definition) is 6. The highest BCUT2D eigenvalue weighted by molar-refractivity contribution is 6.31. The van der Waals surface area contributed by atoms with Gasteiger partial charge in [0, 0.05) is 46.4 Å². The van der Waals surface area contributed by atoms with Crippen molar-refractivity contribution in [1.29, 1.82) is 0 Å². The summed E-state index contributed by atoms with van der Waals surface area (Å²) in [4.78, 5) is 29.6. The predicted molar refractivity (Wildman–Crippen MR) is 132 cm³/mol. The van der Waals surface area contributed by atoms with E-state index in [1.807, 2.05) is 0 Å². The topological polar surface area (TPSA) is 103 Å². The third-order valence-electron chi connectivity index (χ3n) is 5.86. The van der Waals surface area contributed by atoms with Gasteiger partial charge in [-0.2, -0.15) is 0 Å². The van der Waals surface area contributed by atoms with Gasteiger partial charge in [-0.15, -0.1) is 0 Å². The summed E-state index contributed by atoms with van der Waals surface area (Å²) in [6.07, 6.45) is -0.686. The molecule has 3 N–H and O–H groups in total. The number of nitrogens with zero attached hydrogens (tertiary/aromatic N) is 1. The van der Waals surface area contributed by atoms with Crippen molar-refractivity contribution in [2.75, 3.05) is 5.73 Å². The maximum absolute atomic E-state index is 15.0. The van der Waals surface area contributed by atoms with E-state index in [1.165, 1.54) is 6.20 Å². The highest BCUT2D eigenvalue weighted by Crippen LogP contribution is 2.46. The molecule has 0 saturated heterocycles. The summed E-state index contributed by atoms with van der Waals surface area (Å²) in [6, 6.07) is 12.8. The Morgan fingerprint density at radius 3 is 2.54 bits per heavy atom. The zero-order valence-electron chi connectivity index (χ0n) is 19.6. The molecule has 8 heteroatoms. The Labute approximate surface area is 207 Å². The van der Waals surface area contributed by atoms with Crippen molar-refractivity contribution < 1.29 is 23.8 Å². The SMILES string of the molecule is CC(C)(C)OC(=O)c1ccc(CC(=O)C2(O)CC(F)c3cc(-c4cc(Cl)ccc4N)cnc32)cc1. The predicted octanol–water partition coefficient (Wildman–Crippen LogP) is 5.35. The van der Waals surface area contributed by atoms with E-state index >= 15 is 4.39 Å². The van der Waals surface area contributed by atoms with Gasteiger partial charge in [-0.3, -0.25) is 9.78 Å². The maximum atomic E-state index is 15.0. The first kappa shape index (κ1) is 24.8. The Hall–Kier alpha value is -3.29. The van der Waals surface area contributed by atoms with Gasteiger partial charge in [0.2, 0.25) is 0 Å². The summed E-state index contributed by atoms with van der Waals surface area (Å²) in [5.74, 6) is -1.05. The monoisotopic (exact) mass is 496 g/mol. The number of ketones is 1. The van der Waals surface area contributed by atoms with Gasteiger partial charge in [-0.05, 0) is 62.7 Å². The van der Waals surface area contributed by atoms with Crippen molar-refractivity contribution in [1.82, 2.24) is 4.98 Å². The fourth-order valence-electron chi connectivity index (χ4n) is 4.13. The molecule has 2 atom stereocenters. The van der Waals surface area contributed by atoms with Crippen LogP contribution in [0, 0.1) is 0 Å². The van der Waals surface area contributed by atoms with E-state index in [-0.39, 0.29) is 17.7 Å². The van der Waals surface area contributed by atoms with Crippen molar-refractivity contribution in [3.63, 3.8) is 0 Å². The number of ether oxygens (including phenoxy) is 1. The van der Waals surface area contributed by atoms with Crippen LogP contribution in [0.25, 0.3) is 11.1 Å². The quantitative estimate of drug-likeness (QED) is 0.364. The molecule has 6 nitrogen and oxygen atoms in total. The van der Waals surface area contributed by atoms with Gasteiger partial charge in [0.1, 0.15) is 11.8 Å². The van der Waals surface area contributed by atoms with Gasteiger partial charge in [-0.25, -0.2) is 9.18 Å². The minimum absolute atomic E-state index is 0.00437. The van der Waals surface area contributed by atoms with Gasteiger partial charge >= 0.3 is 5.97 Å². The lowest BCUT2D eigenvalue weighted by Gasteiger charge is -2.22. The molecular weight excluding hydrogens is 471 g/mol. The molecule has 0 aliphatic heterocycles. The molecule has 0 saturated carbocycles. The Kier molecular flexibility index (Phi) is 6.42. The van der Waals surface area contributed by atoms with E-state index in [0.717, 1.165) is 0 Å². The Morgan fingerprint density at radius 1 is 1.20 bits per heavy atom. The summed E-state index contributed by atoms with van der Waals surface area (Å²) in [5, 5.41) is 11.7. The number of esters is 1. The van der Waals surface area contributed by atoms with Gasteiger partial charge < -0.3 is 15.6 Å². The number of nitrogens with two attached hydrogens (primary N) is 1. The van der Waals surface area contributed by atoms with Crippen molar-refractivity contribution in [3.8, 4) is 11.1 Å². The molecule has 1 aliphatic rings. The molecule has 4 rings (SSSR count). The van der Waals surface area contributed by atoms with Crippen LogP contribution in [0.15, 0.2) is 54.7 Å². The van der Waals surface area contributed by atoms with Crippen LogP contribution in [0.4, 0.5) is 10.1 Å². The first-order chi connectivity index (χ1) is 16.4. The van der Waals surface area contributed by atoms with Crippen LogP contribution >= 0.6 is 11.6 Å². The standard InChI is InChI=1S/C27H26ClFN2O4/c1-26(2,3)35-25(33)16-6-4-15(5-7-16)10-23(32)27(34)13-21(29)20-11-17(14-31-24(20)27)19-12-18(28)8-9-22(19)30/h4-9,11-12,14,21,34H,10,13,30H2,1-3H3.